The molecule has 0 N–H and O–H groups in total. The predicted molar refractivity (Wildman–Crippen MR) is 63.3 cm³/mol. The number of rotatable bonds is 3. The van der Waals surface area contributed by atoms with E-state index >= 15 is 0 Å². The molecule has 0 spiro atoms. The van der Waals surface area contributed by atoms with Gasteiger partial charge in [-0.25, -0.2) is 17.6 Å². The van der Waals surface area contributed by atoms with Gasteiger partial charge in [-0.15, -0.1) is 0 Å². The Bertz CT molecular complexity index is 670. The van der Waals surface area contributed by atoms with E-state index in [0.29, 0.717) is 6.07 Å². The predicted octanol–water partition coefficient (Wildman–Crippen LogP) is 3.52. The molecule has 2 nitrogen and oxygen atoms in total. The van der Waals surface area contributed by atoms with E-state index in [-0.39, 0.29) is 31.4 Å². The summed E-state index contributed by atoms with van der Waals surface area (Å²) in [6.07, 6.45) is 0.367. The van der Waals surface area contributed by atoms with Crippen LogP contribution in [-0.4, -0.2) is 12.5 Å². The topological polar surface area (TPSA) is 36.3 Å². The van der Waals surface area contributed by atoms with Crippen molar-refractivity contribution in [3.05, 3.63) is 35.4 Å². The van der Waals surface area contributed by atoms with Crippen molar-refractivity contribution < 1.29 is 22.3 Å². The maximum atomic E-state index is 14.9. The van der Waals surface area contributed by atoms with E-state index in [1.54, 1.807) is 0 Å². The lowest BCUT2D eigenvalue weighted by Gasteiger charge is -2.69. The van der Waals surface area contributed by atoms with Gasteiger partial charge in [0.05, 0.1) is 18.1 Å². The molecule has 5 rings (SSSR count). The molecule has 0 amide bonds. The quantitative estimate of drug-likeness (QED) is 0.632. The molecule has 1 aromatic carbocycles. The number of nitrogens with zero attached hydrogens (tertiary/aromatic N) is 1. The summed E-state index contributed by atoms with van der Waals surface area (Å²) in [7, 11) is 0. The number of benzene rings is 1. The van der Waals surface area contributed by atoms with Gasteiger partial charge in [-0.1, -0.05) is 0 Å². The first-order valence-electron chi connectivity index (χ1n) is 6.69. The Morgan fingerprint density at radius 1 is 1.19 bits per heavy atom. The molecular weight excluding hydrogens is 286 g/mol. The van der Waals surface area contributed by atoms with Crippen LogP contribution in [0.3, 0.4) is 0 Å². The Balaban J connectivity index is 1.71. The van der Waals surface area contributed by atoms with Crippen LogP contribution in [0, 0.1) is 33.8 Å². The highest BCUT2D eigenvalue weighted by atomic mass is 19.3. The number of halogens is 4. The van der Waals surface area contributed by atoms with E-state index in [1.807, 2.05) is 0 Å². The van der Waals surface area contributed by atoms with Gasteiger partial charge < -0.3 is 4.74 Å². The van der Waals surface area contributed by atoms with Gasteiger partial charge in [-0.2, -0.15) is 5.26 Å². The third-order valence-corrected chi connectivity index (χ3v) is 5.24. The number of alkyl halides is 2. The molecule has 1 saturated heterocycles. The number of epoxide rings is 1. The van der Waals surface area contributed by atoms with Crippen molar-refractivity contribution >= 4 is 0 Å². The Morgan fingerprint density at radius 2 is 1.81 bits per heavy atom. The third-order valence-electron chi connectivity index (χ3n) is 5.24. The molecule has 2 bridgehead atoms. The first-order chi connectivity index (χ1) is 9.80. The summed E-state index contributed by atoms with van der Waals surface area (Å²) in [4.78, 5) is 0. The smallest absolute Gasteiger partial charge is 0.288 e. The molecule has 110 valence electrons. The second-order valence-electron chi connectivity index (χ2n) is 6.52. The first kappa shape index (κ1) is 13.1. The van der Waals surface area contributed by atoms with Crippen LogP contribution in [0.15, 0.2) is 18.2 Å². The van der Waals surface area contributed by atoms with E-state index in [4.69, 9.17) is 10.00 Å². The van der Waals surface area contributed by atoms with Crippen LogP contribution >= 0.6 is 0 Å². The minimum Gasteiger partial charge on any atom is -0.358 e. The van der Waals surface area contributed by atoms with Gasteiger partial charge in [0, 0.05) is 17.0 Å². The molecule has 3 aliphatic carbocycles. The fourth-order valence-electron chi connectivity index (χ4n) is 4.06. The van der Waals surface area contributed by atoms with Gasteiger partial charge >= 0.3 is 0 Å². The lowest BCUT2D eigenvalue weighted by molar-refractivity contribution is -0.317. The molecule has 1 atom stereocenters. The number of hydrogen-bond donors (Lipinski definition) is 0. The fraction of sp³-hybridized carbons (Fsp3) is 0.533. The lowest BCUT2D eigenvalue weighted by Crippen LogP contribution is -2.71. The van der Waals surface area contributed by atoms with E-state index in [2.05, 4.69) is 6.07 Å². The molecule has 1 aliphatic heterocycles. The zero-order valence-electron chi connectivity index (χ0n) is 10.9. The van der Waals surface area contributed by atoms with Gasteiger partial charge in [0.25, 0.3) is 5.92 Å². The van der Waals surface area contributed by atoms with E-state index < -0.39 is 34.0 Å². The largest absolute Gasteiger partial charge is 0.358 e. The van der Waals surface area contributed by atoms with Crippen molar-refractivity contribution in [2.75, 3.05) is 6.61 Å². The van der Waals surface area contributed by atoms with Crippen molar-refractivity contribution in [3.8, 4) is 6.07 Å². The van der Waals surface area contributed by atoms with Crippen molar-refractivity contribution in [1.29, 1.82) is 5.26 Å². The molecule has 1 heterocycles. The molecule has 4 fully saturated rings. The summed E-state index contributed by atoms with van der Waals surface area (Å²) in [6, 6.07) is 4.64. The molecule has 21 heavy (non-hydrogen) atoms. The second-order valence-corrected chi connectivity index (χ2v) is 6.52. The van der Waals surface area contributed by atoms with Crippen molar-refractivity contribution in [2.24, 2.45) is 10.8 Å². The molecule has 3 saturated carbocycles. The minimum absolute atomic E-state index is 0.122. The van der Waals surface area contributed by atoms with Crippen molar-refractivity contribution in [2.45, 2.75) is 30.8 Å². The van der Waals surface area contributed by atoms with Crippen LogP contribution in [0.25, 0.3) is 0 Å². The molecule has 0 radical (unpaired) electrons. The number of hydrogen-bond acceptors (Lipinski definition) is 2. The molecule has 6 heteroatoms. The van der Waals surface area contributed by atoms with Crippen LogP contribution in [0.1, 0.15) is 24.8 Å². The third kappa shape index (κ3) is 1.31. The monoisotopic (exact) mass is 297 g/mol. The number of ether oxygens (including phenoxy) is 1. The van der Waals surface area contributed by atoms with Gasteiger partial charge in [0.1, 0.15) is 11.6 Å². The summed E-state index contributed by atoms with van der Waals surface area (Å²) < 4.78 is 61.6. The highest BCUT2D eigenvalue weighted by molar-refractivity contribution is 5.39. The average Bonchev–Trinajstić information content (AvgIpc) is 3.07. The summed E-state index contributed by atoms with van der Waals surface area (Å²) in [6.45, 7) is -0.288. The van der Waals surface area contributed by atoms with Gasteiger partial charge in [-0.05, 0) is 31.4 Å². The maximum absolute atomic E-state index is 14.9. The van der Waals surface area contributed by atoms with E-state index in [0.717, 1.165) is 12.1 Å². The minimum atomic E-state index is -3.27. The Labute approximate surface area is 118 Å². The Hall–Kier alpha value is -1.61. The van der Waals surface area contributed by atoms with Crippen LogP contribution < -0.4 is 0 Å². The van der Waals surface area contributed by atoms with Crippen molar-refractivity contribution in [3.63, 3.8) is 0 Å². The Morgan fingerprint density at radius 3 is 2.29 bits per heavy atom. The van der Waals surface area contributed by atoms with Gasteiger partial charge in [0.15, 0.2) is 5.60 Å². The average molecular weight is 297 g/mol. The van der Waals surface area contributed by atoms with Crippen molar-refractivity contribution in [1.82, 2.24) is 0 Å². The summed E-state index contributed by atoms with van der Waals surface area (Å²) in [5.41, 5.74) is -4.21. The molecule has 1 unspecified atom stereocenters. The van der Waals surface area contributed by atoms with E-state index in [9.17, 15) is 17.6 Å². The van der Waals surface area contributed by atoms with Gasteiger partial charge in [-0.3, -0.25) is 0 Å². The maximum Gasteiger partial charge on any atom is 0.288 e. The highest BCUT2D eigenvalue weighted by Gasteiger charge is 2.85. The highest BCUT2D eigenvalue weighted by Crippen LogP contribution is 2.81. The summed E-state index contributed by atoms with van der Waals surface area (Å²) in [5.74, 6) is -5.10. The van der Waals surface area contributed by atoms with Crippen LogP contribution in [0.2, 0.25) is 0 Å². The molecule has 0 aromatic heterocycles. The molecule has 1 aromatic rings. The SMILES string of the molecule is N#CC12CC(C(F)(F)C3(c4ccc(F)cc4F)CO3)(C1)C2. The van der Waals surface area contributed by atoms with E-state index in [1.165, 1.54) is 0 Å². The van der Waals surface area contributed by atoms with Crippen LogP contribution in [0.5, 0.6) is 0 Å². The molecule has 4 aliphatic rings. The lowest BCUT2D eigenvalue weighted by atomic mass is 9.33. The number of nitriles is 1. The van der Waals surface area contributed by atoms with Gasteiger partial charge in [0.2, 0.25) is 0 Å². The summed E-state index contributed by atoms with van der Waals surface area (Å²) >= 11 is 0. The zero-order chi connectivity index (χ0) is 15.1. The van der Waals surface area contributed by atoms with Crippen LogP contribution in [0.4, 0.5) is 17.6 Å². The molecular formula is C15H11F4NO. The summed E-state index contributed by atoms with van der Waals surface area (Å²) in [5, 5.41) is 8.95. The zero-order valence-corrected chi connectivity index (χ0v) is 10.9. The second kappa shape index (κ2) is 3.41. The fourth-order valence-corrected chi connectivity index (χ4v) is 4.06. The Kier molecular flexibility index (Phi) is 2.12. The first-order valence-corrected chi connectivity index (χ1v) is 6.69. The normalized spacial score (nSPS) is 40.0. The van der Waals surface area contributed by atoms with Crippen LogP contribution in [-0.2, 0) is 10.3 Å². The standard InChI is InChI=1S/C15H11F4NO/c16-9-1-2-10(11(17)3-9)14(8-21-14)15(18,19)13-4-12(5-13,6-13)7-20/h1-3H,4-6,8H2.